The Labute approximate surface area is 113 Å². The van der Waals surface area contributed by atoms with Gasteiger partial charge in [-0.1, -0.05) is 65.0 Å². The zero-order valence-electron chi connectivity index (χ0n) is 12.7. The minimum atomic E-state index is 0.255. The Balaban J connectivity index is 3.20. The summed E-state index contributed by atoms with van der Waals surface area (Å²) in [7, 11) is 0. The smallest absolute Gasteiger partial charge is 0.0187 e. The molecule has 1 unspecified atom stereocenters. The molecule has 1 atom stereocenters. The molecule has 0 heterocycles. The molecular weight excluding hydrogens is 218 g/mol. The first-order chi connectivity index (χ1) is 8.62. The number of likely N-dealkylation sites (N-methyl/N-ethyl adjacent to an activating group) is 1. The Hall–Kier alpha value is -0.820. The summed E-state index contributed by atoms with van der Waals surface area (Å²) in [5.41, 5.74) is 1.74. The topological polar surface area (TPSA) is 12.0 Å². The molecule has 1 heteroatoms. The molecule has 0 aliphatic heterocycles. The predicted octanol–water partition coefficient (Wildman–Crippen LogP) is 4.38. The van der Waals surface area contributed by atoms with Gasteiger partial charge >= 0.3 is 0 Å². The summed E-state index contributed by atoms with van der Waals surface area (Å²) in [4.78, 5) is 0. The number of hydrogen-bond acceptors (Lipinski definition) is 1. The van der Waals surface area contributed by atoms with Crippen LogP contribution in [0.15, 0.2) is 30.3 Å². The lowest BCUT2D eigenvalue weighted by Gasteiger charge is -2.43. The molecule has 1 nitrogen and oxygen atoms in total. The Morgan fingerprint density at radius 3 is 1.94 bits per heavy atom. The molecule has 0 aromatic heterocycles. The van der Waals surface area contributed by atoms with Gasteiger partial charge < -0.3 is 5.32 Å². The van der Waals surface area contributed by atoms with Crippen molar-refractivity contribution in [1.29, 1.82) is 0 Å². The van der Waals surface area contributed by atoms with E-state index in [0.717, 1.165) is 6.54 Å². The molecule has 1 aromatic carbocycles. The van der Waals surface area contributed by atoms with Crippen LogP contribution < -0.4 is 5.32 Å². The highest BCUT2D eigenvalue weighted by Gasteiger charge is 2.38. The summed E-state index contributed by atoms with van der Waals surface area (Å²) >= 11 is 0. The van der Waals surface area contributed by atoms with E-state index >= 15 is 0 Å². The molecule has 1 rings (SSSR count). The van der Waals surface area contributed by atoms with Crippen molar-refractivity contribution in [2.24, 2.45) is 5.92 Å². The van der Waals surface area contributed by atoms with E-state index in [4.69, 9.17) is 0 Å². The maximum Gasteiger partial charge on any atom is 0.0187 e. The van der Waals surface area contributed by atoms with Crippen LogP contribution in [-0.2, 0) is 5.41 Å². The van der Waals surface area contributed by atoms with Gasteiger partial charge in [-0.3, -0.25) is 0 Å². The van der Waals surface area contributed by atoms with Crippen molar-refractivity contribution >= 4 is 0 Å². The van der Waals surface area contributed by atoms with Crippen LogP contribution in [0.1, 0.15) is 53.0 Å². The Morgan fingerprint density at radius 1 is 1.00 bits per heavy atom. The summed E-state index contributed by atoms with van der Waals surface area (Å²) < 4.78 is 0. The van der Waals surface area contributed by atoms with Crippen molar-refractivity contribution in [3.63, 3.8) is 0 Å². The maximum atomic E-state index is 3.72. The van der Waals surface area contributed by atoms with Crippen molar-refractivity contribution in [1.82, 2.24) is 5.32 Å². The molecule has 0 spiro atoms. The predicted molar refractivity (Wildman–Crippen MR) is 81.0 cm³/mol. The highest BCUT2D eigenvalue weighted by molar-refractivity contribution is 5.28. The highest BCUT2D eigenvalue weighted by atomic mass is 14.9. The molecule has 102 valence electrons. The van der Waals surface area contributed by atoms with E-state index < -0.39 is 0 Å². The molecule has 0 fully saturated rings. The summed E-state index contributed by atoms with van der Waals surface area (Å²) in [5, 5.41) is 3.72. The molecule has 0 saturated carbocycles. The third-order valence-electron chi connectivity index (χ3n) is 4.30. The zero-order valence-corrected chi connectivity index (χ0v) is 12.7. The molecule has 0 bridgehead atoms. The minimum Gasteiger partial charge on any atom is -0.313 e. The number of nitrogens with one attached hydrogen (secondary N) is 1. The van der Waals surface area contributed by atoms with Crippen molar-refractivity contribution < 1.29 is 0 Å². The van der Waals surface area contributed by atoms with Gasteiger partial charge in [0.25, 0.3) is 0 Å². The van der Waals surface area contributed by atoms with Crippen LogP contribution in [0.5, 0.6) is 0 Å². The maximum absolute atomic E-state index is 3.72. The van der Waals surface area contributed by atoms with Gasteiger partial charge in [-0.05, 0) is 30.9 Å². The summed E-state index contributed by atoms with van der Waals surface area (Å²) in [6, 6.07) is 11.6. The second-order valence-corrected chi connectivity index (χ2v) is 5.51. The standard InChI is InChI=1S/C17H29N/c1-6-17(7-2,15-12-10-9-11-13-15)16(14(4)5)18-8-3/h9-14,16,18H,6-8H2,1-5H3. The molecule has 0 saturated heterocycles. The van der Waals surface area contributed by atoms with Crippen LogP contribution in [0.25, 0.3) is 0 Å². The summed E-state index contributed by atoms with van der Waals surface area (Å²) in [5.74, 6) is 0.644. The van der Waals surface area contributed by atoms with E-state index in [1.165, 1.54) is 18.4 Å². The SMILES string of the molecule is CCNC(C(C)C)C(CC)(CC)c1ccccc1. The van der Waals surface area contributed by atoms with Crippen molar-refractivity contribution in [3.05, 3.63) is 35.9 Å². The van der Waals surface area contributed by atoms with Crippen LogP contribution >= 0.6 is 0 Å². The first-order valence-corrected chi connectivity index (χ1v) is 7.41. The fourth-order valence-corrected chi connectivity index (χ4v) is 3.34. The van der Waals surface area contributed by atoms with Crippen molar-refractivity contribution in [2.75, 3.05) is 6.54 Å². The summed E-state index contributed by atoms with van der Waals surface area (Å²) in [6.45, 7) is 12.5. The average Bonchev–Trinajstić information content (AvgIpc) is 2.40. The normalized spacial score (nSPS) is 13.9. The monoisotopic (exact) mass is 247 g/mol. The van der Waals surface area contributed by atoms with E-state index in [1.54, 1.807) is 0 Å². The molecule has 0 aliphatic rings. The number of benzene rings is 1. The van der Waals surface area contributed by atoms with E-state index in [2.05, 4.69) is 70.3 Å². The van der Waals surface area contributed by atoms with E-state index in [9.17, 15) is 0 Å². The summed E-state index contributed by atoms with van der Waals surface area (Å²) in [6.07, 6.45) is 2.37. The first-order valence-electron chi connectivity index (χ1n) is 7.41. The largest absolute Gasteiger partial charge is 0.313 e. The Bertz CT molecular complexity index is 325. The fraction of sp³-hybridized carbons (Fsp3) is 0.647. The van der Waals surface area contributed by atoms with Crippen LogP contribution in [0.2, 0.25) is 0 Å². The lowest BCUT2D eigenvalue weighted by Crippen LogP contribution is -2.51. The molecule has 0 amide bonds. The molecule has 0 radical (unpaired) electrons. The fourth-order valence-electron chi connectivity index (χ4n) is 3.34. The Kier molecular flexibility index (Phi) is 5.87. The van der Waals surface area contributed by atoms with Gasteiger partial charge in [-0.25, -0.2) is 0 Å². The third kappa shape index (κ3) is 2.95. The van der Waals surface area contributed by atoms with E-state index in [-0.39, 0.29) is 5.41 Å². The second-order valence-electron chi connectivity index (χ2n) is 5.51. The Morgan fingerprint density at radius 2 is 1.56 bits per heavy atom. The van der Waals surface area contributed by atoms with Crippen LogP contribution in [0.3, 0.4) is 0 Å². The quantitative estimate of drug-likeness (QED) is 0.754. The van der Waals surface area contributed by atoms with Crippen LogP contribution in [0.4, 0.5) is 0 Å². The van der Waals surface area contributed by atoms with Gasteiger partial charge in [0.2, 0.25) is 0 Å². The molecule has 18 heavy (non-hydrogen) atoms. The van der Waals surface area contributed by atoms with Gasteiger partial charge in [0.1, 0.15) is 0 Å². The molecule has 0 aliphatic carbocycles. The lowest BCUT2D eigenvalue weighted by atomic mass is 9.67. The average molecular weight is 247 g/mol. The first kappa shape index (κ1) is 15.2. The van der Waals surface area contributed by atoms with Crippen LogP contribution in [-0.4, -0.2) is 12.6 Å². The minimum absolute atomic E-state index is 0.255. The van der Waals surface area contributed by atoms with Gasteiger partial charge in [-0.15, -0.1) is 0 Å². The van der Waals surface area contributed by atoms with Crippen LogP contribution in [0, 0.1) is 5.92 Å². The number of rotatable bonds is 7. The zero-order chi connectivity index (χ0) is 13.6. The van der Waals surface area contributed by atoms with E-state index in [1.807, 2.05) is 0 Å². The van der Waals surface area contributed by atoms with Gasteiger partial charge in [-0.2, -0.15) is 0 Å². The van der Waals surface area contributed by atoms with Crippen molar-refractivity contribution in [2.45, 2.75) is 58.9 Å². The molecule has 1 aromatic rings. The molecular formula is C17H29N. The van der Waals surface area contributed by atoms with Crippen molar-refractivity contribution in [3.8, 4) is 0 Å². The van der Waals surface area contributed by atoms with E-state index in [0.29, 0.717) is 12.0 Å². The highest BCUT2D eigenvalue weighted by Crippen LogP contribution is 2.38. The lowest BCUT2D eigenvalue weighted by molar-refractivity contribution is 0.221. The third-order valence-corrected chi connectivity index (χ3v) is 4.30. The van der Waals surface area contributed by atoms with Gasteiger partial charge in [0, 0.05) is 11.5 Å². The number of hydrogen-bond donors (Lipinski definition) is 1. The van der Waals surface area contributed by atoms with Gasteiger partial charge in [0.05, 0.1) is 0 Å². The van der Waals surface area contributed by atoms with Gasteiger partial charge in [0.15, 0.2) is 0 Å². The second kappa shape index (κ2) is 6.94. The molecule has 1 N–H and O–H groups in total.